The van der Waals surface area contributed by atoms with E-state index in [1.54, 1.807) is 29.2 Å². The summed E-state index contributed by atoms with van der Waals surface area (Å²) in [4.78, 5) is 29.8. The van der Waals surface area contributed by atoms with Crippen molar-refractivity contribution in [2.45, 2.75) is 11.8 Å². The van der Waals surface area contributed by atoms with E-state index < -0.39 is 5.82 Å². The Morgan fingerprint density at radius 3 is 2.67 bits per heavy atom. The third kappa shape index (κ3) is 4.46. The molecule has 6 nitrogen and oxygen atoms in total. The van der Waals surface area contributed by atoms with Crippen molar-refractivity contribution in [1.82, 2.24) is 4.98 Å². The van der Waals surface area contributed by atoms with Gasteiger partial charge in [0.2, 0.25) is 5.91 Å². The van der Waals surface area contributed by atoms with Crippen molar-refractivity contribution in [3.63, 3.8) is 0 Å². The van der Waals surface area contributed by atoms with Crippen molar-refractivity contribution in [3.05, 3.63) is 47.8 Å². The van der Waals surface area contributed by atoms with Crippen molar-refractivity contribution in [2.24, 2.45) is 0 Å². The lowest BCUT2D eigenvalue weighted by atomic mass is 10.1. The number of carbonyl (C=O) groups excluding carboxylic acids is 2. The molecule has 0 spiro atoms. The molecule has 140 valence electrons. The van der Waals surface area contributed by atoms with Gasteiger partial charge in [-0.2, -0.15) is 4.98 Å². The van der Waals surface area contributed by atoms with E-state index in [0.29, 0.717) is 33.3 Å². The standard InChI is InChI=1S/C19H18FN3O3S/c1-11(24)12-4-7-17(14(20)8-12)27-10-18(25)21-13-5-6-16-15(9-13)22-19(26-16)23(2)3/h4-9H,10H2,1-3H3,(H,21,25). The second-order valence-corrected chi connectivity index (χ2v) is 7.13. The third-order valence-electron chi connectivity index (χ3n) is 3.74. The van der Waals surface area contributed by atoms with Crippen LogP contribution < -0.4 is 10.2 Å². The van der Waals surface area contributed by atoms with Crippen LogP contribution in [0.4, 0.5) is 16.1 Å². The average molecular weight is 387 g/mol. The second-order valence-electron chi connectivity index (χ2n) is 6.11. The fourth-order valence-electron chi connectivity index (χ4n) is 2.36. The van der Waals surface area contributed by atoms with E-state index in [1.165, 1.54) is 19.1 Å². The Hall–Kier alpha value is -2.87. The molecule has 0 atom stereocenters. The summed E-state index contributed by atoms with van der Waals surface area (Å²) in [5.74, 6) is -0.953. The first-order valence-electron chi connectivity index (χ1n) is 8.14. The maximum absolute atomic E-state index is 14.0. The number of Topliss-reactive ketones (excluding diaryl/α,β-unsaturated/α-hetero) is 1. The number of benzene rings is 2. The SMILES string of the molecule is CC(=O)c1ccc(SCC(=O)Nc2ccc3oc(N(C)C)nc3c2)c(F)c1. The number of carbonyl (C=O) groups is 2. The molecule has 1 aromatic heterocycles. The Balaban J connectivity index is 1.64. The van der Waals surface area contributed by atoms with Crippen LogP contribution in [0, 0.1) is 5.82 Å². The Kier molecular flexibility index (Phi) is 5.46. The Morgan fingerprint density at radius 1 is 1.22 bits per heavy atom. The first kappa shape index (κ1) is 18.9. The highest BCUT2D eigenvalue weighted by Crippen LogP contribution is 2.25. The number of halogens is 1. The number of nitrogens with one attached hydrogen (secondary N) is 1. The number of ketones is 1. The molecule has 0 aliphatic heterocycles. The summed E-state index contributed by atoms with van der Waals surface area (Å²) >= 11 is 1.07. The number of nitrogens with zero attached hydrogens (tertiary/aromatic N) is 2. The van der Waals surface area contributed by atoms with E-state index in [9.17, 15) is 14.0 Å². The second kappa shape index (κ2) is 7.79. The molecule has 0 radical (unpaired) electrons. The number of amides is 1. The highest BCUT2D eigenvalue weighted by molar-refractivity contribution is 8.00. The maximum Gasteiger partial charge on any atom is 0.297 e. The molecule has 3 rings (SSSR count). The van der Waals surface area contributed by atoms with Crippen LogP contribution in [0.3, 0.4) is 0 Å². The van der Waals surface area contributed by atoms with Crippen molar-refractivity contribution in [2.75, 3.05) is 30.1 Å². The molecule has 0 aliphatic carbocycles. The summed E-state index contributed by atoms with van der Waals surface area (Å²) < 4.78 is 19.6. The zero-order valence-corrected chi connectivity index (χ0v) is 15.9. The molecule has 8 heteroatoms. The highest BCUT2D eigenvalue weighted by Gasteiger charge is 2.12. The predicted molar refractivity (Wildman–Crippen MR) is 104 cm³/mol. The van der Waals surface area contributed by atoms with Gasteiger partial charge in [-0.1, -0.05) is 6.07 Å². The number of hydrogen-bond donors (Lipinski definition) is 1. The van der Waals surface area contributed by atoms with Gasteiger partial charge in [0.05, 0.1) is 5.75 Å². The Morgan fingerprint density at radius 2 is 2.00 bits per heavy atom. The number of thioether (sulfide) groups is 1. The van der Waals surface area contributed by atoms with Crippen molar-refractivity contribution in [1.29, 1.82) is 0 Å². The van der Waals surface area contributed by atoms with Crippen LogP contribution in [0.5, 0.6) is 0 Å². The van der Waals surface area contributed by atoms with Crippen LogP contribution in [0.2, 0.25) is 0 Å². The smallest absolute Gasteiger partial charge is 0.297 e. The van der Waals surface area contributed by atoms with E-state index in [-0.39, 0.29) is 17.4 Å². The highest BCUT2D eigenvalue weighted by atomic mass is 32.2. The van der Waals surface area contributed by atoms with E-state index in [2.05, 4.69) is 10.3 Å². The summed E-state index contributed by atoms with van der Waals surface area (Å²) in [6, 6.07) is 9.89. The molecule has 1 heterocycles. The lowest BCUT2D eigenvalue weighted by Crippen LogP contribution is -2.14. The van der Waals surface area contributed by atoms with Gasteiger partial charge in [-0.15, -0.1) is 11.8 Å². The fraction of sp³-hybridized carbons (Fsp3) is 0.211. The van der Waals surface area contributed by atoms with Gasteiger partial charge in [0, 0.05) is 30.2 Å². The van der Waals surface area contributed by atoms with Gasteiger partial charge in [0.1, 0.15) is 11.3 Å². The van der Waals surface area contributed by atoms with Crippen LogP contribution in [0.1, 0.15) is 17.3 Å². The normalized spacial score (nSPS) is 10.8. The van der Waals surface area contributed by atoms with E-state index >= 15 is 0 Å². The van der Waals surface area contributed by atoms with Gasteiger partial charge < -0.3 is 14.6 Å². The molecule has 1 N–H and O–H groups in total. The average Bonchev–Trinajstić information content (AvgIpc) is 3.04. The number of oxazole rings is 1. The minimum absolute atomic E-state index is 0.0378. The largest absolute Gasteiger partial charge is 0.423 e. The number of fused-ring (bicyclic) bond motifs is 1. The molecular weight excluding hydrogens is 369 g/mol. The predicted octanol–water partition coefficient (Wildman–Crippen LogP) is 3.97. The molecule has 3 aromatic rings. The number of hydrogen-bond acceptors (Lipinski definition) is 6. The molecule has 0 saturated carbocycles. The van der Waals surface area contributed by atoms with Gasteiger partial charge >= 0.3 is 0 Å². The van der Waals surface area contributed by atoms with Gasteiger partial charge in [-0.3, -0.25) is 9.59 Å². The minimum atomic E-state index is -0.513. The number of anilines is 2. The van der Waals surface area contributed by atoms with Gasteiger partial charge in [-0.25, -0.2) is 4.39 Å². The van der Waals surface area contributed by atoms with Crippen molar-refractivity contribution in [3.8, 4) is 0 Å². The molecule has 1 amide bonds. The molecule has 0 saturated heterocycles. The zero-order chi connectivity index (χ0) is 19.6. The molecule has 0 unspecified atom stereocenters. The summed E-state index contributed by atoms with van der Waals surface area (Å²) in [6.07, 6.45) is 0. The lowest BCUT2D eigenvalue weighted by molar-refractivity contribution is -0.113. The van der Waals surface area contributed by atoms with E-state index in [1.807, 2.05) is 14.1 Å². The van der Waals surface area contributed by atoms with Crippen LogP contribution in [-0.2, 0) is 4.79 Å². The van der Waals surface area contributed by atoms with Crippen LogP contribution in [-0.4, -0.2) is 36.5 Å². The molecule has 0 fully saturated rings. The molecular formula is C19H18FN3O3S. The number of rotatable bonds is 6. The monoisotopic (exact) mass is 387 g/mol. The van der Waals surface area contributed by atoms with Gasteiger partial charge in [0.15, 0.2) is 11.4 Å². The molecule has 0 bridgehead atoms. The molecule has 0 aliphatic rings. The van der Waals surface area contributed by atoms with Gasteiger partial charge in [-0.05, 0) is 37.3 Å². The Labute approximate surface area is 159 Å². The summed E-state index contributed by atoms with van der Waals surface area (Å²) in [5, 5.41) is 2.76. The van der Waals surface area contributed by atoms with E-state index in [0.717, 1.165) is 11.8 Å². The van der Waals surface area contributed by atoms with Crippen LogP contribution >= 0.6 is 11.8 Å². The van der Waals surface area contributed by atoms with Crippen LogP contribution in [0.15, 0.2) is 45.7 Å². The van der Waals surface area contributed by atoms with Crippen molar-refractivity contribution < 1.29 is 18.4 Å². The zero-order valence-electron chi connectivity index (χ0n) is 15.1. The van der Waals surface area contributed by atoms with Gasteiger partial charge in [0.25, 0.3) is 6.01 Å². The lowest BCUT2D eigenvalue weighted by Gasteiger charge is -2.06. The Bertz CT molecular complexity index is 1020. The first-order chi connectivity index (χ1) is 12.8. The summed E-state index contributed by atoms with van der Waals surface area (Å²) in [5.41, 5.74) is 2.15. The molecule has 27 heavy (non-hydrogen) atoms. The number of aromatic nitrogens is 1. The summed E-state index contributed by atoms with van der Waals surface area (Å²) in [6.45, 7) is 1.38. The quantitative estimate of drug-likeness (QED) is 0.510. The molecule has 2 aromatic carbocycles. The topological polar surface area (TPSA) is 75.4 Å². The van der Waals surface area contributed by atoms with Crippen LogP contribution in [0.25, 0.3) is 11.1 Å². The van der Waals surface area contributed by atoms with E-state index in [4.69, 9.17) is 4.42 Å². The minimum Gasteiger partial charge on any atom is -0.423 e. The fourth-order valence-corrected chi connectivity index (χ4v) is 3.08. The summed E-state index contributed by atoms with van der Waals surface area (Å²) in [7, 11) is 3.65. The first-order valence-corrected chi connectivity index (χ1v) is 9.13. The van der Waals surface area contributed by atoms with Crippen molar-refractivity contribution >= 4 is 46.3 Å². The maximum atomic E-state index is 14.0. The third-order valence-corrected chi connectivity index (χ3v) is 4.79.